The number of rotatable bonds is 3. The molecule has 98 valence electrons. The van der Waals surface area contributed by atoms with Crippen molar-refractivity contribution in [2.24, 2.45) is 17.8 Å². The Bertz CT molecular complexity index is 470. The summed E-state index contributed by atoms with van der Waals surface area (Å²) in [5, 5.41) is 0.538. The Labute approximate surface area is 115 Å². The number of nitrogens with two attached hydrogens (primary N) is 1. The number of anilines is 1. The topological polar surface area (TPSA) is 43.1 Å². The number of halogens is 1. The Hall–Kier alpha value is -0.540. The predicted molar refractivity (Wildman–Crippen MR) is 76.1 cm³/mol. The van der Waals surface area contributed by atoms with E-state index in [2.05, 4.69) is 0 Å². The molecule has 0 spiro atoms. The summed E-state index contributed by atoms with van der Waals surface area (Å²) in [6.07, 6.45) is 5.30. The molecule has 4 unspecified atom stereocenters. The van der Waals surface area contributed by atoms with E-state index in [9.17, 15) is 4.21 Å². The molecule has 1 aromatic rings. The van der Waals surface area contributed by atoms with Crippen molar-refractivity contribution in [1.82, 2.24) is 0 Å². The number of nitrogen functional groups attached to an aromatic ring is 1. The minimum absolute atomic E-state index is 0.538. The first-order valence-corrected chi connectivity index (χ1v) is 8.27. The zero-order valence-electron chi connectivity index (χ0n) is 10.3. The molecule has 0 aromatic heterocycles. The van der Waals surface area contributed by atoms with Crippen molar-refractivity contribution in [2.75, 3.05) is 11.5 Å². The fourth-order valence-corrected chi connectivity index (χ4v) is 5.64. The van der Waals surface area contributed by atoms with E-state index in [-0.39, 0.29) is 0 Å². The van der Waals surface area contributed by atoms with E-state index >= 15 is 0 Å². The van der Waals surface area contributed by atoms with Crippen LogP contribution in [0.4, 0.5) is 5.69 Å². The molecule has 2 aliphatic carbocycles. The summed E-state index contributed by atoms with van der Waals surface area (Å²) in [4.78, 5) is 0.641. The number of fused-ring (bicyclic) bond motifs is 2. The second-order valence-electron chi connectivity index (χ2n) is 5.61. The van der Waals surface area contributed by atoms with Gasteiger partial charge in [0.25, 0.3) is 0 Å². The van der Waals surface area contributed by atoms with Gasteiger partial charge in [0.05, 0.1) is 20.7 Å². The summed E-state index contributed by atoms with van der Waals surface area (Å²) in [7, 11) is -1.06. The minimum Gasteiger partial charge on any atom is -0.398 e. The highest BCUT2D eigenvalue weighted by Gasteiger charge is 2.40. The van der Waals surface area contributed by atoms with Gasteiger partial charge in [0, 0.05) is 11.4 Å². The first-order chi connectivity index (χ1) is 8.65. The highest BCUT2D eigenvalue weighted by atomic mass is 35.5. The van der Waals surface area contributed by atoms with Crippen molar-refractivity contribution >= 4 is 28.1 Å². The van der Waals surface area contributed by atoms with Gasteiger partial charge in [-0.3, -0.25) is 4.21 Å². The standard InChI is InChI=1S/C14H18ClNOS/c15-12-2-1-3-13(16)14(12)18(17)8-11-7-9-4-5-10(11)6-9/h1-3,9-11H,4-8,16H2. The fourth-order valence-electron chi connectivity index (χ4n) is 3.62. The maximum absolute atomic E-state index is 12.5. The number of benzene rings is 1. The molecule has 0 amide bonds. The Kier molecular flexibility index (Phi) is 3.37. The molecule has 18 heavy (non-hydrogen) atoms. The molecule has 0 saturated heterocycles. The second-order valence-corrected chi connectivity index (χ2v) is 7.45. The van der Waals surface area contributed by atoms with Gasteiger partial charge in [-0.15, -0.1) is 0 Å². The molecule has 1 aromatic carbocycles. The average Bonchev–Trinajstić information content (AvgIpc) is 2.90. The normalized spacial score (nSPS) is 31.7. The van der Waals surface area contributed by atoms with Gasteiger partial charge in [-0.05, 0) is 49.1 Å². The Morgan fingerprint density at radius 3 is 2.78 bits per heavy atom. The molecule has 2 aliphatic rings. The van der Waals surface area contributed by atoms with Crippen LogP contribution in [0, 0.1) is 17.8 Å². The van der Waals surface area contributed by atoms with Crippen molar-refractivity contribution in [3.05, 3.63) is 23.2 Å². The Morgan fingerprint density at radius 1 is 1.33 bits per heavy atom. The lowest BCUT2D eigenvalue weighted by Crippen LogP contribution is -2.18. The van der Waals surface area contributed by atoms with Crippen molar-refractivity contribution in [3.63, 3.8) is 0 Å². The van der Waals surface area contributed by atoms with Gasteiger partial charge in [0.1, 0.15) is 0 Å². The molecule has 0 radical (unpaired) electrons. The lowest BCUT2D eigenvalue weighted by molar-refractivity contribution is 0.363. The summed E-state index contributed by atoms with van der Waals surface area (Å²) in [6.45, 7) is 0. The molecule has 2 nitrogen and oxygen atoms in total. The van der Waals surface area contributed by atoms with Gasteiger partial charge in [-0.25, -0.2) is 0 Å². The molecule has 2 saturated carbocycles. The van der Waals surface area contributed by atoms with E-state index in [4.69, 9.17) is 17.3 Å². The van der Waals surface area contributed by atoms with E-state index < -0.39 is 10.8 Å². The molecule has 2 fully saturated rings. The van der Waals surface area contributed by atoms with Crippen LogP contribution in [0.1, 0.15) is 25.7 Å². The third kappa shape index (κ3) is 2.19. The molecule has 3 rings (SSSR count). The van der Waals surface area contributed by atoms with E-state index in [1.807, 2.05) is 0 Å². The van der Waals surface area contributed by atoms with Crippen molar-refractivity contribution in [1.29, 1.82) is 0 Å². The highest BCUT2D eigenvalue weighted by Crippen LogP contribution is 2.49. The van der Waals surface area contributed by atoms with Crippen LogP contribution in [-0.2, 0) is 10.8 Å². The van der Waals surface area contributed by atoms with Crippen LogP contribution in [0.5, 0.6) is 0 Å². The summed E-state index contributed by atoms with van der Waals surface area (Å²) in [6, 6.07) is 5.35. The summed E-state index contributed by atoms with van der Waals surface area (Å²) < 4.78 is 12.5. The minimum atomic E-state index is -1.06. The largest absolute Gasteiger partial charge is 0.398 e. The molecular weight excluding hydrogens is 266 g/mol. The Balaban J connectivity index is 1.75. The lowest BCUT2D eigenvalue weighted by Gasteiger charge is -2.21. The molecule has 4 heteroatoms. The van der Waals surface area contributed by atoms with E-state index in [0.717, 1.165) is 17.6 Å². The second kappa shape index (κ2) is 4.86. The molecule has 2 bridgehead atoms. The summed E-state index contributed by atoms with van der Waals surface area (Å²) in [5.74, 6) is 3.03. The van der Waals surface area contributed by atoms with Gasteiger partial charge in [0.2, 0.25) is 0 Å². The highest BCUT2D eigenvalue weighted by molar-refractivity contribution is 7.85. The van der Waals surface area contributed by atoms with Crippen molar-refractivity contribution < 1.29 is 4.21 Å². The van der Waals surface area contributed by atoms with Crippen molar-refractivity contribution in [2.45, 2.75) is 30.6 Å². The van der Waals surface area contributed by atoms with Crippen LogP contribution in [0.2, 0.25) is 5.02 Å². The summed E-state index contributed by atoms with van der Waals surface area (Å²) >= 11 is 6.12. The molecule has 4 atom stereocenters. The van der Waals surface area contributed by atoms with Crippen molar-refractivity contribution in [3.8, 4) is 0 Å². The third-order valence-corrected chi connectivity index (χ3v) is 6.54. The first-order valence-electron chi connectivity index (χ1n) is 6.57. The van der Waals surface area contributed by atoms with E-state index in [0.29, 0.717) is 21.5 Å². The SMILES string of the molecule is Nc1cccc(Cl)c1S(=O)CC1CC2CCC1C2. The zero-order valence-corrected chi connectivity index (χ0v) is 11.8. The first kappa shape index (κ1) is 12.5. The summed E-state index contributed by atoms with van der Waals surface area (Å²) in [5.41, 5.74) is 6.45. The van der Waals surface area contributed by atoms with Gasteiger partial charge < -0.3 is 5.73 Å². The maximum atomic E-state index is 12.5. The lowest BCUT2D eigenvalue weighted by atomic mass is 9.90. The quantitative estimate of drug-likeness (QED) is 0.863. The Morgan fingerprint density at radius 2 is 2.17 bits per heavy atom. The average molecular weight is 284 g/mol. The predicted octanol–water partition coefficient (Wildman–Crippen LogP) is 3.47. The van der Waals surface area contributed by atoms with Crippen LogP contribution >= 0.6 is 11.6 Å². The molecular formula is C14H18ClNOS. The monoisotopic (exact) mass is 283 g/mol. The fraction of sp³-hybridized carbons (Fsp3) is 0.571. The molecule has 0 aliphatic heterocycles. The van der Waals surface area contributed by atoms with Crippen LogP contribution in [0.25, 0.3) is 0 Å². The maximum Gasteiger partial charge on any atom is 0.0803 e. The van der Waals surface area contributed by atoms with Gasteiger partial charge in [0.15, 0.2) is 0 Å². The number of hydrogen-bond donors (Lipinski definition) is 1. The van der Waals surface area contributed by atoms with E-state index in [1.54, 1.807) is 18.2 Å². The van der Waals surface area contributed by atoms with Crippen LogP contribution in [-0.4, -0.2) is 9.96 Å². The third-order valence-electron chi connectivity index (χ3n) is 4.48. The van der Waals surface area contributed by atoms with Crippen LogP contribution < -0.4 is 5.73 Å². The van der Waals surface area contributed by atoms with Gasteiger partial charge in [-0.1, -0.05) is 24.1 Å². The van der Waals surface area contributed by atoms with Gasteiger partial charge in [-0.2, -0.15) is 0 Å². The van der Waals surface area contributed by atoms with Gasteiger partial charge >= 0.3 is 0 Å². The molecule has 2 N–H and O–H groups in total. The smallest absolute Gasteiger partial charge is 0.0803 e. The van der Waals surface area contributed by atoms with Crippen LogP contribution in [0.3, 0.4) is 0 Å². The zero-order chi connectivity index (χ0) is 12.7. The number of hydrogen-bond acceptors (Lipinski definition) is 2. The molecule has 0 heterocycles. The van der Waals surface area contributed by atoms with E-state index in [1.165, 1.54) is 25.7 Å². The van der Waals surface area contributed by atoms with Crippen LogP contribution in [0.15, 0.2) is 23.1 Å².